The maximum Gasteiger partial charge on any atom is 0.134 e. The summed E-state index contributed by atoms with van der Waals surface area (Å²) in [5, 5.41) is 10.9. The van der Waals surface area contributed by atoms with Gasteiger partial charge in [0, 0.05) is 18.7 Å². The first-order chi connectivity index (χ1) is 14.0. The van der Waals surface area contributed by atoms with Gasteiger partial charge in [0.1, 0.15) is 23.7 Å². The first kappa shape index (κ1) is 20.4. The molecule has 0 bridgehead atoms. The first-order valence-corrected chi connectivity index (χ1v) is 10.6. The Morgan fingerprint density at radius 2 is 1.41 bits per heavy atom. The van der Waals surface area contributed by atoms with Gasteiger partial charge in [-0.25, -0.2) is 13.2 Å². The van der Waals surface area contributed by atoms with Crippen molar-refractivity contribution < 1.29 is 18.3 Å². The number of benzene rings is 2. The molecule has 1 N–H and O–H groups in total. The zero-order chi connectivity index (χ0) is 20.5. The lowest BCUT2D eigenvalue weighted by atomic mass is 9.92. The van der Waals surface area contributed by atoms with Crippen LogP contribution in [0.3, 0.4) is 0 Å². The third kappa shape index (κ3) is 4.08. The standard InChI is InChI=1S/C24H28F3NO/c1-15(24(29)28-12-4-2-3-5-13-28)17-14-18(17)16-8-6-9-19(25)22(16)23-20(26)10-7-11-21(23)27/h6-11,15,17-18,24,29H,2-5,12-14H2,1H3. The highest BCUT2D eigenvalue weighted by Crippen LogP contribution is 2.55. The van der Waals surface area contributed by atoms with Crippen molar-refractivity contribution in [3.8, 4) is 11.1 Å². The molecule has 2 fully saturated rings. The van der Waals surface area contributed by atoms with E-state index in [0.717, 1.165) is 44.5 Å². The van der Waals surface area contributed by atoms with E-state index in [4.69, 9.17) is 0 Å². The highest BCUT2D eigenvalue weighted by atomic mass is 19.1. The van der Waals surface area contributed by atoms with Gasteiger partial charge in [0.25, 0.3) is 0 Å². The Morgan fingerprint density at radius 1 is 0.862 bits per heavy atom. The van der Waals surface area contributed by atoms with Crippen molar-refractivity contribution in [2.24, 2.45) is 11.8 Å². The molecule has 4 unspecified atom stereocenters. The minimum Gasteiger partial charge on any atom is -0.378 e. The van der Waals surface area contributed by atoms with Gasteiger partial charge in [0.15, 0.2) is 0 Å². The van der Waals surface area contributed by atoms with Crippen LogP contribution in [0.1, 0.15) is 50.5 Å². The maximum absolute atomic E-state index is 14.7. The first-order valence-electron chi connectivity index (χ1n) is 10.6. The lowest BCUT2D eigenvalue weighted by Gasteiger charge is -2.31. The molecule has 0 radical (unpaired) electrons. The van der Waals surface area contributed by atoms with Crippen LogP contribution in [0, 0.1) is 29.3 Å². The van der Waals surface area contributed by atoms with E-state index in [1.54, 1.807) is 12.1 Å². The molecule has 4 atom stereocenters. The molecule has 0 spiro atoms. The number of hydrogen-bond acceptors (Lipinski definition) is 2. The van der Waals surface area contributed by atoms with Gasteiger partial charge in [-0.2, -0.15) is 0 Å². The Kier molecular flexibility index (Phi) is 5.98. The molecule has 5 heteroatoms. The van der Waals surface area contributed by atoms with E-state index in [0.29, 0.717) is 5.56 Å². The number of halogens is 3. The van der Waals surface area contributed by atoms with Crippen molar-refractivity contribution in [3.63, 3.8) is 0 Å². The van der Waals surface area contributed by atoms with Crippen LogP contribution in [0.15, 0.2) is 36.4 Å². The summed E-state index contributed by atoms with van der Waals surface area (Å²) in [5.74, 6) is -1.95. The van der Waals surface area contributed by atoms with Crippen LogP contribution in [0.2, 0.25) is 0 Å². The average molecular weight is 403 g/mol. The van der Waals surface area contributed by atoms with Crippen molar-refractivity contribution in [2.45, 2.75) is 51.2 Å². The quantitative estimate of drug-likeness (QED) is 0.692. The number of nitrogens with zero attached hydrogens (tertiary/aromatic N) is 1. The summed E-state index contributed by atoms with van der Waals surface area (Å²) in [6.45, 7) is 3.83. The van der Waals surface area contributed by atoms with Crippen molar-refractivity contribution in [1.82, 2.24) is 4.90 Å². The van der Waals surface area contributed by atoms with E-state index in [9.17, 15) is 18.3 Å². The summed E-state index contributed by atoms with van der Waals surface area (Å²) in [4.78, 5) is 2.15. The Labute approximate surface area is 170 Å². The number of aliphatic hydroxyl groups excluding tert-OH is 1. The third-order valence-electron chi connectivity index (χ3n) is 6.66. The highest BCUT2D eigenvalue weighted by Gasteiger charge is 2.46. The van der Waals surface area contributed by atoms with E-state index in [-0.39, 0.29) is 28.9 Å². The molecule has 1 aliphatic carbocycles. The molecule has 29 heavy (non-hydrogen) atoms. The summed E-state index contributed by atoms with van der Waals surface area (Å²) < 4.78 is 43.5. The van der Waals surface area contributed by atoms with Crippen molar-refractivity contribution in [1.29, 1.82) is 0 Å². The largest absolute Gasteiger partial charge is 0.378 e. The summed E-state index contributed by atoms with van der Waals surface area (Å²) in [6.07, 6.45) is 4.84. The minimum absolute atomic E-state index is 0.00339. The molecule has 1 saturated carbocycles. The van der Waals surface area contributed by atoms with Gasteiger partial charge in [-0.3, -0.25) is 4.90 Å². The van der Waals surface area contributed by atoms with Crippen LogP contribution in [0.25, 0.3) is 11.1 Å². The van der Waals surface area contributed by atoms with E-state index in [2.05, 4.69) is 4.90 Å². The normalized spacial score (nSPS) is 24.7. The summed E-state index contributed by atoms with van der Waals surface area (Å²) >= 11 is 0. The topological polar surface area (TPSA) is 23.5 Å². The van der Waals surface area contributed by atoms with Crippen molar-refractivity contribution >= 4 is 0 Å². The Bertz CT molecular complexity index is 843. The van der Waals surface area contributed by atoms with E-state index in [1.165, 1.54) is 25.0 Å². The van der Waals surface area contributed by atoms with Crippen molar-refractivity contribution in [3.05, 3.63) is 59.4 Å². The average Bonchev–Trinajstić information content (AvgIpc) is 3.52. The molecule has 0 aromatic heterocycles. The van der Waals surface area contributed by atoms with Gasteiger partial charge >= 0.3 is 0 Å². The van der Waals surface area contributed by atoms with E-state index >= 15 is 0 Å². The second-order valence-electron chi connectivity index (χ2n) is 8.53. The zero-order valence-corrected chi connectivity index (χ0v) is 16.8. The predicted octanol–water partition coefficient (Wildman–Crippen LogP) is 5.70. The lowest BCUT2D eigenvalue weighted by molar-refractivity contribution is -0.0400. The Morgan fingerprint density at radius 3 is 2.03 bits per heavy atom. The molecule has 2 nitrogen and oxygen atoms in total. The minimum atomic E-state index is -0.758. The predicted molar refractivity (Wildman–Crippen MR) is 108 cm³/mol. The number of rotatable bonds is 5. The molecule has 4 rings (SSSR count). The SMILES string of the molecule is CC(C1CC1c1cccc(F)c1-c1c(F)cccc1F)C(O)N1CCCCCC1. The van der Waals surface area contributed by atoms with Crippen molar-refractivity contribution in [2.75, 3.05) is 13.1 Å². The molecule has 2 aliphatic rings. The Hall–Kier alpha value is -1.85. The smallest absolute Gasteiger partial charge is 0.134 e. The number of aliphatic hydroxyl groups is 1. The summed E-state index contributed by atoms with van der Waals surface area (Å²) in [6, 6.07) is 8.21. The monoisotopic (exact) mass is 403 g/mol. The highest BCUT2D eigenvalue weighted by molar-refractivity contribution is 5.70. The van der Waals surface area contributed by atoms with Crippen LogP contribution < -0.4 is 0 Å². The van der Waals surface area contributed by atoms with Crippen LogP contribution in [-0.4, -0.2) is 29.3 Å². The molecule has 0 amide bonds. The second kappa shape index (κ2) is 8.49. The van der Waals surface area contributed by atoms with Gasteiger partial charge in [-0.1, -0.05) is 38.0 Å². The van der Waals surface area contributed by atoms with Crippen LogP contribution >= 0.6 is 0 Å². The van der Waals surface area contributed by atoms with E-state index < -0.39 is 23.7 Å². The van der Waals surface area contributed by atoms with Gasteiger partial charge in [-0.05, 0) is 60.8 Å². The summed E-state index contributed by atoms with van der Waals surface area (Å²) in [7, 11) is 0. The third-order valence-corrected chi connectivity index (χ3v) is 6.66. The number of hydrogen-bond donors (Lipinski definition) is 1. The van der Waals surface area contributed by atoms with E-state index in [1.807, 2.05) is 6.92 Å². The number of likely N-dealkylation sites (tertiary alicyclic amines) is 1. The lowest BCUT2D eigenvalue weighted by Crippen LogP contribution is -2.41. The molecular formula is C24H28F3NO. The fourth-order valence-corrected chi connectivity index (χ4v) is 4.92. The molecule has 2 aromatic carbocycles. The van der Waals surface area contributed by atoms with Gasteiger partial charge in [0.2, 0.25) is 0 Å². The molecule has 1 aliphatic heterocycles. The molecular weight excluding hydrogens is 375 g/mol. The summed E-state index contributed by atoms with van der Waals surface area (Å²) in [5.41, 5.74) is 0.355. The van der Waals surface area contributed by atoms with Crippen LogP contribution in [0.5, 0.6) is 0 Å². The maximum atomic E-state index is 14.7. The van der Waals surface area contributed by atoms with Gasteiger partial charge < -0.3 is 5.11 Å². The van der Waals surface area contributed by atoms with Crippen LogP contribution in [0.4, 0.5) is 13.2 Å². The Balaban J connectivity index is 1.59. The zero-order valence-electron chi connectivity index (χ0n) is 16.8. The molecule has 1 saturated heterocycles. The molecule has 1 heterocycles. The van der Waals surface area contributed by atoms with Gasteiger partial charge in [-0.15, -0.1) is 0 Å². The second-order valence-corrected chi connectivity index (χ2v) is 8.53. The fourth-order valence-electron chi connectivity index (χ4n) is 4.92. The molecule has 2 aromatic rings. The van der Waals surface area contributed by atoms with Crippen LogP contribution in [-0.2, 0) is 0 Å². The van der Waals surface area contributed by atoms with Gasteiger partial charge in [0.05, 0.1) is 5.56 Å². The molecule has 156 valence electrons. The fraction of sp³-hybridized carbons (Fsp3) is 0.500.